The second kappa shape index (κ2) is 6.89. The summed E-state index contributed by atoms with van der Waals surface area (Å²) in [5, 5.41) is 3.90. The van der Waals surface area contributed by atoms with Crippen LogP contribution in [0.5, 0.6) is 0 Å². The Balaban J connectivity index is 2.07. The molecule has 0 saturated heterocycles. The molecule has 0 spiro atoms. The minimum atomic E-state index is 0.647. The van der Waals surface area contributed by atoms with Crippen molar-refractivity contribution in [2.45, 2.75) is 20.0 Å². The van der Waals surface area contributed by atoms with Crippen molar-refractivity contribution in [2.24, 2.45) is 0 Å². The van der Waals surface area contributed by atoms with Crippen LogP contribution in [-0.2, 0) is 13.1 Å². The average Bonchev–Trinajstić information content (AvgIpc) is 2.92. The molecule has 0 fully saturated rings. The lowest BCUT2D eigenvalue weighted by atomic mass is 10.2. The van der Waals surface area contributed by atoms with Gasteiger partial charge in [-0.3, -0.25) is 4.98 Å². The van der Waals surface area contributed by atoms with Crippen LogP contribution in [-0.4, -0.2) is 21.5 Å². The maximum Gasteiger partial charge on any atom is 0.169 e. The fraction of sp³-hybridized carbons (Fsp3) is 0.286. The summed E-state index contributed by atoms with van der Waals surface area (Å²) in [5.41, 5.74) is 1.12. The summed E-state index contributed by atoms with van der Waals surface area (Å²) in [6.45, 7) is 4.19. The number of hydrogen-bond donors (Lipinski definition) is 1. The highest BCUT2D eigenvalue weighted by Crippen LogP contribution is 2.10. The molecular weight excluding hydrogens is 258 g/mol. The number of nitrogens with zero attached hydrogens (tertiary/aromatic N) is 2. The molecule has 19 heavy (non-hydrogen) atoms. The summed E-state index contributed by atoms with van der Waals surface area (Å²) in [6.07, 6.45) is 5.29. The molecule has 0 aromatic carbocycles. The highest BCUT2D eigenvalue weighted by molar-refractivity contribution is 7.80. The van der Waals surface area contributed by atoms with Crippen LogP contribution in [0, 0.1) is 0 Å². The Bertz CT molecular complexity index is 499. The third-order valence-corrected chi connectivity index (χ3v) is 3.04. The summed E-state index contributed by atoms with van der Waals surface area (Å²) >= 11 is 5.40. The van der Waals surface area contributed by atoms with Crippen LogP contribution in [0.3, 0.4) is 0 Å². The molecule has 100 valence electrons. The Hall–Kier alpha value is -1.88. The average molecular weight is 275 g/mol. The number of aromatic nitrogens is 1. The molecule has 4 nitrogen and oxygen atoms in total. The Morgan fingerprint density at radius 2 is 2.26 bits per heavy atom. The highest BCUT2D eigenvalue weighted by Gasteiger charge is 2.12. The van der Waals surface area contributed by atoms with Crippen LogP contribution in [0.2, 0.25) is 0 Å². The number of thiocarbonyl (C=S) groups is 1. The first-order valence-corrected chi connectivity index (χ1v) is 6.64. The van der Waals surface area contributed by atoms with Crippen LogP contribution in [0.1, 0.15) is 18.2 Å². The van der Waals surface area contributed by atoms with Gasteiger partial charge in [-0.05, 0) is 42.9 Å². The summed E-state index contributed by atoms with van der Waals surface area (Å²) in [6, 6.07) is 7.80. The minimum absolute atomic E-state index is 0.647. The first kappa shape index (κ1) is 13.5. The van der Waals surface area contributed by atoms with E-state index >= 15 is 0 Å². The predicted molar refractivity (Wildman–Crippen MR) is 78.5 cm³/mol. The topological polar surface area (TPSA) is 41.3 Å². The maximum atomic E-state index is 5.40. The molecule has 0 saturated carbocycles. The third-order valence-electron chi connectivity index (χ3n) is 2.64. The molecule has 2 aromatic rings. The molecule has 0 radical (unpaired) electrons. The molecule has 0 aliphatic carbocycles. The Morgan fingerprint density at radius 3 is 2.89 bits per heavy atom. The number of pyridine rings is 1. The van der Waals surface area contributed by atoms with Crippen LogP contribution in [0.15, 0.2) is 47.3 Å². The molecule has 1 N–H and O–H groups in total. The van der Waals surface area contributed by atoms with Crippen molar-refractivity contribution in [1.29, 1.82) is 0 Å². The van der Waals surface area contributed by atoms with Crippen molar-refractivity contribution in [3.05, 3.63) is 54.2 Å². The van der Waals surface area contributed by atoms with Crippen LogP contribution in [0.25, 0.3) is 0 Å². The van der Waals surface area contributed by atoms with Crippen molar-refractivity contribution >= 4 is 17.3 Å². The summed E-state index contributed by atoms with van der Waals surface area (Å²) in [7, 11) is 0. The monoisotopic (exact) mass is 275 g/mol. The molecule has 2 heterocycles. The van der Waals surface area contributed by atoms with Gasteiger partial charge in [-0.2, -0.15) is 0 Å². The Kier molecular flexibility index (Phi) is 4.92. The van der Waals surface area contributed by atoms with E-state index < -0.39 is 0 Å². The lowest BCUT2D eigenvalue weighted by Crippen LogP contribution is -2.38. The van der Waals surface area contributed by atoms with Crippen molar-refractivity contribution in [2.75, 3.05) is 6.54 Å². The van der Waals surface area contributed by atoms with E-state index in [1.54, 1.807) is 12.5 Å². The quantitative estimate of drug-likeness (QED) is 0.849. The largest absolute Gasteiger partial charge is 0.467 e. The van der Waals surface area contributed by atoms with Crippen molar-refractivity contribution in [1.82, 2.24) is 15.2 Å². The molecule has 2 rings (SSSR count). The number of furan rings is 1. The lowest BCUT2D eigenvalue weighted by Gasteiger charge is -2.24. The van der Waals surface area contributed by atoms with E-state index in [9.17, 15) is 0 Å². The molecule has 5 heteroatoms. The van der Waals surface area contributed by atoms with E-state index in [0.29, 0.717) is 13.1 Å². The van der Waals surface area contributed by atoms with Gasteiger partial charge in [-0.1, -0.05) is 6.07 Å². The van der Waals surface area contributed by atoms with E-state index in [1.165, 1.54) is 0 Å². The smallest absolute Gasteiger partial charge is 0.169 e. The SMILES string of the molecule is CCNC(=S)N(Cc1cccnc1)Cc1ccco1. The maximum absolute atomic E-state index is 5.40. The van der Waals surface area contributed by atoms with Gasteiger partial charge in [0.2, 0.25) is 0 Å². The van der Waals surface area contributed by atoms with Gasteiger partial charge in [0, 0.05) is 25.5 Å². The molecule has 2 aromatic heterocycles. The normalized spacial score (nSPS) is 10.2. The highest BCUT2D eigenvalue weighted by atomic mass is 32.1. The van der Waals surface area contributed by atoms with Gasteiger partial charge in [0.1, 0.15) is 5.76 Å². The summed E-state index contributed by atoms with van der Waals surface area (Å²) in [5.74, 6) is 0.893. The van der Waals surface area contributed by atoms with E-state index in [0.717, 1.165) is 23.0 Å². The molecule has 0 atom stereocenters. The fourth-order valence-corrected chi connectivity index (χ4v) is 2.04. The van der Waals surface area contributed by atoms with Crippen molar-refractivity contribution < 1.29 is 4.42 Å². The standard InChI is InChI=1S/C14H17N3OS/c1-2-16-14(19)17(11-13-6-4-8-18-13)10-12-5-3-7-15-9-12/h3-9H,2,10-11H2,1H3,(H,16,19). The molecular formula is C14H17N3OS. The van der Waals surface area contributed by atoms with Crippen LogP contribution < -0.4 is 5.32 Å². The first-order chi connectivity index (χ1) is 9.29. The van der Waals surface area contributed by atoms with Crippen LogP contribution >= 0.6 is 12.2 Å². The Labute approximate surface area is 118 Å². The van der Waals surface area contributed by atoms with E-state index in [1.807, 2.05) is 37.4 Å². The molecule has 0 bridgehead atoms. The second-order valence-corrected chi connectivity index (χ2v) is 4.52. The number of nitrogens with one attached hydrogen (secondary N) is 1. The fourth-order valence-electron chi connectivity index (χ4n) is 1.77. The van der Waals surface area contributed by atoms with Gasteiger partial charge in [-0.15, -0.1) is 0 Å². The van der Waals surface area contributed by atoms with E-state index in [2.05, 4.69) is 15.2 Å². The van der Waals surface area contributed by atoms with Crippen molar-refractivity contribution in [3.8, 4) is 0 Å². The predicted octanol–water partition coefficient (Wildman–Crippen LogP) is 2.57. The number of hydrogen-bond acceptors (Lipinski definition) is 3. The Morgan fingerprint density at radius 1 is 1.37 bits per heavy atom. The van der Waals surface area contributed by atoms with Crippen molar-refractivity contribution in [3.63, 3.8) is 0 Å². The zero-order valence-electron chi connectivity index (χ0n) is 10.9. The van der Waals surface area contributed by atoms with Crippen LogP contribution in [0.4, 0.5) is 0 Å². The minimum Gasteiger partial charge on any atom is -0.467 e. The van der Waals surface area contributed by atoms with Gasteiger partial charge in [0.05, 0.1) is 12.8 Å². The number of rotatable bonds is 5. The van der Waals surface area contributed by atoms with Gasteiger partial charge < -0.3 is 14.6 Å². The molecule has 0 unspecified atom stereocenters. The summed E-state index contributed by atoms with van der Waals surface area (Å²) < 4.78 is 5.39. The third kappa shape index (κ3) is 4.06. The van der Waals surface area contributed by atoms with E-state index in [-0.39, 0.29) is 0 Å². The van der Waals surface area contributed by atoms with Gasteiger partial charge in [0.15, 0.2) is 5.11 Å². The molecule has 0 amide bonds. The second-order valence-electron chi connectivity index (χ2n) is 4.13. The molecule has 0 aliphatic heterocycles. The lowest BCUT2D eigenvalue weighted by molar-refractivity contribution is 0.351. The zero-order valence-corrected chi connectivity index (χ0v) is 11.7. The first-order valence-electron chi connectivity index (χ1n) is 6.23. The van der Waals surface area contributed by atoms with Gasteiger partial charge in [0.25, 0.3) is 0 Å². The zero-order chi connectivity index (χ0) is 13.5. The van der Waals surface area contributed by atoms with Gasteiger partial charge in [-0.25, -0.2) is 0 Å². The molecule has 0 aliphatic rings. The van der Waals surface area contributed by atoms with E-state index in [4.69, 9.17) is 16.6 Å². The summed E-state index contributed by atoms with van der Waals surface area (Å²) in [4.78, 5) is 6.19. The van der Waals surface area contributed by atoms with Gasteiger partial charge >= 0.3 is 0 Å².